The van der Waals surface area contributed by atoms with Crippen molar-refractivity contribution in [2.75, 3.05) is 31.1 Å². The molecule has 3 rings (SSSR count). The molecule has 1 aromatic carbocycles. The van der Waals surface area contributed by atoms with E-state index in [-0.39, 0.29) is 18.3 Å². The van der Waals surface area contributed by atoms with Crippen molar-refractivity contribution >= 4 is 56.6 Å². The quantitative estimate of drug-likeness (QED) is 0.485. The van der Waals surface area contributed by atoms with E-state index in [1.54, 1.807) is 15.6 Å². The van der Waals surface area contributed by atoms with Gasteiger partial charge in [-0.25, -0.2) is 4.98 Å². The molecular formula is C20H27Cl2N5OS. The molecule has 0 spiro atoms. The predicted octanol–water partition coefficient (Wildman–Crippen LogP) is 4.88. The van der Waals surface area contributed by atoms with Crippen molar-refractivity contribution in [2.24, 2.45) is 0 Å². The lowest BCUT2D eigenvalue weighted by molar-refractivity contribution is 0.0978. The highest BCUT2D eigenvalue weighted by molar-refractivity contribution is 7.23. The number of fused-ring (bicyclic) bond motifs is 1. The van der Waals surface area contributed by atoms with Gasteiger partial charge in [0.2, 0.25) is 0 Å². The zero-order chi connectivity index (χ0) is 20.3. The SMILES string of the molecule is CCN(CC)CCN(C(=O)c1ccn(CC)n1)c1nc2c(C)ccc(Cl)c2s1.Cl. The van der Waals surface area contributed by atoms with E-state index in [9.17, 15) is 4.79 Å². The fraction of sp³-hybridized carbons (Fsp3) is 0.450. The van der Waals surface area contributed by atoms with E-state index in [4.69, 9.17) is 16.6 Å². The first kappa shape index (κ1) is 23.6. The molecule has 3 aromatic rings. The standard InChI is InChI=1S/C20H26ClN5OS.ClH/c1-5-24(6-2)12-13-26(19(27)16-10-11-25(7-3)23-16)20-22-17-14(4)8-9-15(21)18(17)28-20;/h8-11H,5-7,12-13H2,1-4H3;1H. The van der Waals surface area contributed by atoms with E-state index < -0.39 is 0 Å². The van der Waals surface area contributed by atoms with Crippen LogP contribution in [0.25, 0.3) is 10.2 Å². The van der Waals surface area contributed by atoms with Gasteiger partial charge in [0.15, 0.2) is 10.8 Å². The Balaban J connectivity index is 0.00000300. The number of amides is 1. The summed E-state index contributed by atoms with van der Waals surface area (Å²) in [6.07, 6.45) is 1.83. The molecule has 158 valence electrons. The summed E-state index contributed by atoms with van der Waals surface area (Å²) in [6.45, 7) is 12.2. The normalized spacial score (nSPS) is 11.1. The number of likely N-dealkylation sites (N-methyl/N-ethyl adjacent to an activating group) is 1. The molecule has 0 fully saturated rings. The third-order valence-electron chi connectivity index (χ3n) is 4.88. The van der Waals surface area contributed by atoms with Gasteiger partial charge in [0, 0.05) is 25.8 Å². The number of aryl methyl sites for hydroxylation is 2. The lowest BCUT2D eigenvalue weighted by Gasteiger charge is -2.24. The van der Waals surface area contributed by atoms with Gasteiger partial charge in [-0.05, 0) is 44.6 Å². The molecular weight excluding hydrogens is 429 g/mol. The highest BCUT2D eigenvalue weighted by atomic mass is 35.5. The fourth-order valence-electron chi connectivity index (χ4n) is 3.06. The number of hydrogen-bond donors (Lipinski definition) is 0. The number of carbonyl (C=O) groups excluding carboxylic acids is 1. The summed E-state index contributed by atoms with van der Waals surface area (Å²) in [6, 6.07) is 5.60. The summed E-state index contributed by atoms with van der Waals surface area (Å²) in [5, 5.41) is 5.72. The van der Waals surface area contributed by atoms with E-state index in [0.29, 0.717) is 22.4 Å². The van der Waals surface area contributed by atoms with E-state index >= 15 is 0 Å². The Bertz CT molecular complexity index is 928. The molecule has 0 saturated heterocycles. The summed E-state index contributed by atoms with van der Waals surface area (Å²) < 4.78 is 2.67. The smallest absolute Gasteiger partial charge is 0.280 e. The molecule has 9 heteroatoms. The van der Waals surface area contributed by atoms with Crippen LogP contribution in [0.1, 0.15) is 36.8 Å². The van der Waals surface area contributed by atoms with E-state index in [2.05, 4.69) is 23.8 Å². The molecule has 0 aliphatic carbocycles. The van der Waals surface area contributed by atoms with Crippen LogP contribution in [-0.4, -0.2) is 51.8 Å². The number of halogens is 2. The number of anilines is 1. The van der Waals surface area contributed by atoms with Crippen LogP contribution >= 0.6 is 35.3 Å². The van der Waals surface area contributed by atoms with Crippen molar-refractivity contribution in [3.05, 3.63) is 40.7 Å². The van der Waals surface area contributed by atoms with E-state index in [1.807, 2.05) is 32.2 Å². The van der Waals surface area contributed by atoms with E-state index in [0.717, 1.165) is 42.0 Å². The van der Waals surface area contributed by atoms with Gasteiger partial charge in [0.1, 0.15) is 0 Å². The molecule has 0 atom stereocenters. The molecule has 0 aliphatic heterocycles. The number of aromatic nitrogens is 3. The van der Waals surface area contributed by atoms with Gasteiger partial charge in [0.05, 0.1) is 15.2 Å². The van der Waals surface area contributed by atoms with Crippen molar-refractivity contribution in [2.45, 2.75) is 34.2 Å². The average Bonchev–Trinajstić information content (AvgIpc) is 3.36. The molecule has 0 aliphatic rings. The third kappa shape index (κ3) is 5.09. The highest BCUT2D eigenvalue weighted by Crippen LogP contribution is 2.36. The fourth-order valence-corrected chi connectivity index (χ4v) is 4.40. The van der Waals surface area contributed by atoms with Gasteiger partial charge in [0.25, 0.3) is 5.91 Å². The van der Waals surface area contributed by atoms with Crippen molar-refractivity contribution in [3.63, 3.8) is 0 Å². The second-order valence-corrected chi connectivity index (χ2v) is 7.96. The number of benzene rings is 1. The molecule has 0 bridgehead atoms. The van der Waals surface area contributed by atoms with Crippen molar-refractivity contribution in [1.82, 2.24) is 19.7 Å². The summed E-state index contributed by atoms with van der Waals surface area (Å²) in [7, 11) is 0. The molecule has 1 amide bonds. The zero-order valence-corrected chi connectivity index (χ0v) is 19.6. The molecule has 0 radical (unpaired) electrons. The number of carbonyl (C=O) groups is 1. The minimum Gasteiger partial charge on any atom is -0.302 e. The maximum atomic E-state index is 13.3. The monoisotopic (exact) mass is 455 g/mol. The maximum Gasteiger partial charge on any atom is 0.280 e. The molecule has 0 saturated carbocycles. The van der Waals surface area contributed by atoms with Crippen LogP contribution in [0.15, 0.2) is 24.4 Å². The molecule has 29 heavy (non-hydrogen) atoms. The second-order valence-electron chi connectivity index (χ2n) is 6.58. The van der Waals surface area contributed by atoms with Gasteiger partial charge in [-0.1, -0.05) is 42.9 Å². The Hall–Kier alpha value is -1.67. The first-order valence-corrected chi connectivity index (χ1v) is 10.8. The number of hydrogen-bond acceptors (Lipinski definition) is 5. The Morgan fingerprint density at radius 3 is 2.48 bits per heavy atom. The molecule has 2 heterocycles. The minimum atomic E-state index is -0.132. The van der Waals surface area contributed by atoms with Gasteiger partial charge >= 0.3 is 0 Å². The lowest BCUT2D eigenvalue weighted by Crippen LogP contribution is -2.39. The number of rotatable bonds is 8. The van der Waals surface area contributed by atoms with Crippen LogP contribution in [0, 0.1) is 6.92 Å². The minimum absolute atomic E-state index is 0. The number of thiazole rings is 1. The van der Waals surface area contributed by atoms with Crippen LogP contribution in [-0.2, 0) is 6.54 Å². The van der Waals surface area contributed by atoms with Crippen LogP contribution in [0.2, 0.25) is 5.02 Å². The molecule has 0 N–H and O–H groups in total. The molecule has 0 unspecified atom stereocenters. The first-order chi connectivity index (χ1) is 13.5. The van der Waals surface area contributed by atoms with Crippen LogP contribution in [0.5, 0.6) is 0 Å². The van der Waals surface area contributed by atoms with Gasteiger partial charge < -0.3 is 4.90 Å². The van der Waals surface area contributed by atoms with E-state index in [1.165, 1.54) is 11.3 Å². The maximum absolute atomic E-state index is 13.3. The van der Waals surface area contributed by atoms with Gasteiger partial charge in [-0.2, -0.15) is 5.10 Å². The molecule has 2 aromatic heterocycles. The Labute approximate surface area is 186 Å². The zero-order valence-electron chi connectivity index (χ0n) is 17.2. The van der Waals surface area contributed by atoms with Crippen LogP contribution < -0.4 is 4.90 Å². The Morgan fingerprint density at radius 2 is 1.90 bits per heavy atom. The van der Waals surface area contributed by atoms with Crippen molar-refractivity contribution in [1.29, 1.82) is 0 Å². The van der Waals surface area contributed by atoms with Crippen molar-refractivity contribution in [3.8, 4) is 0 Å². The molecule has 6 nitrogen and oxygen atoms in total. The highest BCUT2D eigenvalue weighted by Gasteiger charge is 2.24. The van der Waals surface area contributed by atoms with Crippen LogP contribution in [0.4, 0.5) is 5.13 Å². The second kappa shape index (κ2) is 10.4. The van der Waals surface area contributed by atoms with Crippen LogP contribution in [0.3, 0.4) is 0 Å². The Kier molecular flexibility index (Phi) is 8.46. The average molecular weight is 456 g/mol. The van der Waals surface area contributed by atoms with Crippen molar-refractivity contribution < 1.29 is 4.79 Å². The largest absolute Gasteiger partial charge is 0.302 e. The summed E-state index contributed by atoms with van der Waals surface area (Å²) >= 11 is 7.84. The summed E-state index contributed by atoms with van der Waals surface area (Å²) in [5.41, 5.74) is 2.34. The first-order valence-electron chi connectivity index (χ1n) is 9.61. The lowest BCUT2D eigenvalue weighted by atomic mass is 10.2. The van der Waals surface area contributed by atoms with Gasteiger partial charge in [-0.3, -0.25) is 14.4 Å². The Morgan fingerprint density at radius 1 is 1.17 bits per heavy atom. The summed E-state index contributed by atoms with van der Waals surface area (Å²) in [4.78, 5) is 22.1. The summed E-state index contributed by atoms with van der Waals surface area (Å²) in [5.74, 6) is -0.132. The van der Waals surface area contributed by atoms with Gasteiger partial charge in [-0.15, -0.1) is 12.4 Å². The predicted molar refractivity (Wildman–Crippen MR) is 124 cm³/mol. The topological polar surface area (TPSA) is 54.3 Å². The third-order valence-corrected chi connectivity index (χ3v) is 6.42. The number of nitrogens with zero attached hydrogens (tertiary/aromatic N) is 5.